The van der Waals surface area contributed by atoms with Gasteiger partial charge in [-0.2, -0.15) is 0 Å². The quantitative estimate of drug-likeness (QED) is 0.315. The molecule has 1 fully saturated rings. The van der Waals surface area contributed by atoms with Crippen molar-refractivity contribution in [1.82, 2.24) is 10.2 Å². The van der Waals surface area contributed by atoms with Crippen LogP contribution in [0, 0.1) is 5.92 Å². The summed E-state index contributed by atoms with van der Waals surface area (Å²) in [7, 11) is 2.71. The van der Waals surface area contributed by atoms with Crippen molar-refractivity contribution in [2.45, 2.75) is 63.3 Å². The number of carbonyl (C=O) groups is 2. The average Bonchev–Trinajstić information content (AvgIpc) is 2.72. The van der Waals surface area contributed by atoms with Gasteiger partial charge in [0.1, 0.15) is 24.4 Å². The number of β-amino-alcohol motifs (C(OH)–C–C–N with tert-alkyl or cyclic N) is 1. The Morgan fingerprint density at radius 2 is 1.85 bits per heavy atom. The van der Waals surface area contributed by atoms with E-state index in [1.165, 1.54) is 25.1 Å². The first-order valence-corrected chi connectivity index (χ1v) is 9.07. The van der Waals surface area contributed by atoms with Crippen LogP contribution in [0.3, 0.4) is 0 Å². The van der Waals surface area contributed by atoms with E-state index in [0.29, 0.717) is 6.42 Å². The zero-order chi connectivity index (χ0) is 20.7. The molecular formula is C18H32N2O7. The highest BCUT2D eigenvalue weighted by atomic mass is 16.5. The molecular weight excluding hydrogens is 356 g/mol. The molecule has 9 heteroatoms. The van der Waals surface area contributed by atoms with Crippen molar-refractivity contribution in [3.8, 4) is 0 Å². The van der Waals surface area contributed by atoms with Crippen LogP contribution >= 0.6 is 0 Å². The highest BCUT2D eigenvalue weighted by molar-refractivity contribution is 5.89. The van der Waals surface area contributed by atoms with Gasteiger partial charge in [-0.05, 0) is 18.8 Å². The summed E-state index contributed by atoms with van der Waals surface area (Å²) in [5.41, 5.74) is 0. The summed E-state index contributed by atoms with van der Waals surface area (Å²) >= 11 is 0. The number of amides is 2. The van der Waals surface area contributed by atoms with Crippen molar-refractivity contribution in [1.29, 1.82) is 0 Å². The molecule has 1 saturated heterocycles. The van der Waals surface area contributed by atoms with Crippen LogP contribution in [-0.4, -0.2) is 94.4 Å². The molecule has 156 valence electrons. The van der Waals surface area contributed by atoms with Gasteiger partial charge in [0, 0.05) is 20.7 Å². The van der Waals surface area contributed by atoms with Gasteiger partial charge in [0.25, 0.3) is 5.91 Å². The smallest absolute Gasteiger partial charge is 0.252 e. The molecule has 1 aliphatic rings. The van der Waals surface area contributed by atoms with Crippen molar-refractivity contribution in [2.75, 3.05) is 20.7 Å². The van der Waals surface area contributed by atoms with E-state index in [-0.39, 0.29) is 24.8 Å². The maximum atomic E-state index is 12.5. The van der Waals surface area contributed by atoms with Crippen molar-refractivity contribution in [3.63, 3.8) is 0 Å². The Kier molecular flexibility index (Phi) is 9.34. The largest absolute Gasteiger partial charge is 0.391 e. The summed E-state index contributed by atoms with van der Waals surface area (Å²) in [6.07, 6.45) is -3.30. The normalized spacial score (nSPS) is 26.0. The number of hydrogen-bond acceptors (Lipinski definition) is 7. The first-order valence-electron chi connectivity index (χ1n) is 9.07. The number of nitrogens with one attached hydrogen (secondary N) is 1. The first kappa shape index (κ1) is 23.5. The minimum absolute atomic E-state index is 0.138. The van der Waals surface area contributed by atoms with Gasteiger partial charge in [-0.25, -0.2) is 0 Å². The van der Waals surface area contributed by atoms with Crippen molar-refractivity contribution < 1.29 is 34.8 Å². The number of likely N-dealkylation sites (tertiary alicyclic amines) is 1. The molecule has 6 atom stereocenters. The highest BCUT2D eigenvalue weighted by Crippen LogP contribution is 2.14. The molecule has 27 heavy (non-hydrogen) atoms. The molecule has 5 N–H and O–H groups in total. The van der Waals surface area contributed by atoms with E-state index < -0.39 is 42.5 Å². The van der Waals surface area contributed by atoms with Crippen LogP contribution in [0.15, 0.2) is 12.2 Å². The van der Waals surface area contributed by atoms with Crippen LogP contribution in [0.1, 0.15) is 26.7 Å². The molecule has 0 aromatic carbocycles. The SMILES string of the molecule is CO[C@@H](C(=O)N[C@H]1CC[C@H](O)CN(C)C1=O)[C@H](O)[C@@H](O)[C@H](O)/C=C/C(C)C. The molecule has 0 radical (unpaired) electrons. The summed E-state index contributed by atoms with van der Waals surface area (Å²) in [4.78, 5) is 26.1. The maximum Gasteiger partial charge on any atom is 0.252 e. The number of nitrogens with zero attached hydrogens (tertiary/aromatic N) is 1. The van der Waals surface area contributed by atoms with E-state index in [9.17, 15) is 30.0 Å². The van der Waals surface area contributed by atoms with Gasteiger partial charge in [0.2, 0.25) is 5.91 Å². The molecule has 0 bridgehead atoms. The Balaban J connectivity index is 2.78. The third-order valence-electron chi connectivity index (χ3n) is 4.48. The van der Waals surface area contributed by atoms with Crippen LogP contribution in [0.2, 0.25) is 0 Å². The predicted octanol–water partition coefficient (Wildman–Crippen LogP) is -1.61. The Morgan fingerprint density at radius 1 is 1.22 bits per heavy atom. The number of aliphatic hydroxyl groups is 4. The number of allylic oxidation sites excluding steroid dienone is 1. The molecule has 9 nitrogen and oxygen atoms in total. The summed E-state index contributed by atoms with van der Waals surface area (Å²) in [6, 6.07) is -0.868. The fourth-order valence-electron chi connectivity index (χ4n) is 2.87. The fourth-order valence-corrected chi connectivity index (χ4v) is 2.87. The van der Waals surface area contributed by atoms with Crippen LogP contribution in [-0.2, 0) is 14.3 Å². The van der Waals surface area contributed by atoms with Gasteiger partial charge in [0.15, 0.2) is 6.10 Å². The Morgan fingerprint density at radius 3 is 2.41 bits per heavy atom. The van der Waals surface area contributed by atoms with Gasteiger partial charge >= 0.3 is 0 Å². The second kappa shape index (κ2) is 10.7. The van der Waals surface area contributed by atoms with E-state index in [2.05, 4.69) is 5.32 Å². The predicted molar refractivity (Wildman–Crippen MR) is 97.6 cm³/mol. The van der Waals surface area contributed by atoms with E-state index in [0.717, 1.165) is 0 Å². The van der Waals surface area contributed by atoms with Crippen LogP contribution in [0.25, 0.3) is 0 Å². The zero-order valence-corrected chi connectivity index (χ0v) is 16.3. The monoisotopic (exact) mass is 388 g/mol. The van der Waals surface area contributed by atoms with Gasteiger partial charge in [-0.1, -0.05) is 26.0 Å². The number of likely N-dealkylation sites (N-methyl/N-ethyl adjacent to an activating group) is 1. The van der Waals surface area contributed by atoms with E-state index in [1.54, 1.807) is 6.08 Å². The fraction of sp³-hybridized carbons (Fsp3) is 0.778. The van der Waals surface area contributed by atoms with Gasteiger partial charge in [-0.3, -0.25) is 9.59 Å². The van der Waals surface area contributed by atoms with E-state index in [4.69, 9.17) is 4.74 Å². The summed E-state index contributed by atoms with van der Waals surface area (Å²) in [5, 5.41) is 42.6. The summed E-state index contributed by atoms with van der Waals surface area (Å²) in [6.45, 7) is 3.94. The maximum absolute atomic E-state index is 12.5. The average molecular weight is 388 g/mol. The van der Waals surface area contributed by atoms with Gasteiger partial charge < -0.3 is 35.4 Å². The number of aliphatic hydroxyl groups excluding tert-OH is 4. The molecule has 1 aliphatic heterocycles. The lowest BCUT2D eigenvalue weighted by Crippen LogP contribution is -2.55. The topological polar surface area (TPSA) is 140 Å². The lowest BCUT2D eigenvalue weighted by atomic mass is 10.00. The molecule has 2 amide bonds. The third kappa shape index (κ3) is 6.86. The van der Waals surface area contributed by atoms with Crippen molar-refractivity contribution in [3.05, 3.63) is 12.2 Å². The Labute approximate surface area is 159 Å². The molecule has 0 saturated carbocycles. The lowest BCUT2D eigenvalue weighted by molar-refractivity contribution is -0.151. The second-order valence-electron chi connectivity index (χ2n) is 7.27. The number of hydrogen-bond donors (Lipinski definition) is 5. The molecule has 0 aliphatic carbocycles. The van der Waals surface area contributed by atoms with Crippen LogP contribution in [0.4, 0.5) is 0 Å². The molecule has 0 unspecified atom stereocenters. The summed E-state index contributed by atoms with van der Waals surface area (Å²) in [5.74, 6) is -1.00. The molecule has 0 aromatic heterocycles. The number of carbonyl (C=O) groups excluding carboxylic acids is 2. The number of ether oxygens (including phenoxy) is 1. The number of rotatable bonds is 8. The van der Waals surface area contributed by atoms with Crippen molar-refractivity contribution in [2.24, 2.45) is 5.92 Å². The lowest BCUT2D eigenvalue weighted by Gasteiger charge is -2.28. The van der Waals surface area contributed by atoms with Crippen LogP contribution in [0.5, 0.6) is 0 Å². The second-order valence-corrected chi connectivity index (χ2v) is 7.27. The molecule has 1 heterocycles. The molecule has 0 spiro atoms. The minimum Gasteiger partial charge on any atom is -0.391 e. The summed E-state index contributed by atoms with van der Waals surface area (Å²) < 4.78 is 5.00. The van der Waals surface area contributed by atoms with E-state index in [1.807, 2.05) is 13.8 Å². The molecule has 0 aromatic rings. The van der Waals surface area contributed by atoms with Crippen molar-refractivity contribution >= 4 is 11.8 Å². The number of methoxy groups -OCH3 is 1. The zero-order valence-electron chi connectivity index (χ0n) is 16.3. The van der Waals surface area contributed by atoms with E-state index >= 15 is 0 Å². The standard InChI is InChI=1S/C18H32N2O7/c1-10(2)5-8-13(22)14(23)15(24)16(27-4)17(25)19-12-7-6-11(21)9-20(3)18(12)26/h5,8,10-16,21-24H,6-7,9H2,1-4H3,(H,19,25)/b8-5+/t11-,12-,13+,14-,15+,16+/m0/s1. The minimum atomic E-state index is -1.70. The first-order chi connectivity index (χ1) is 12.6. The van der Waals surface area contributed by atoms with Crippen LogP contribution < -0.4 is 5.32 Å². The Hall–Kier alpha value is -1.52. The van der Waals surface area contributed by atoms with Gasteiger partial charge in [-0.15, -0.1) is 0 Å². The highest BCUT2D eigenvalue weighted by Gasteiger charge is 2.37. The third-order valence-corrected chi connectivity index (χ3v) is 4.48. The molecule has 1 rings (SSSR count). The Bertz CT molecular complexity index is 526. The van der Waals surface area contributed by atoms with Gasteiger partial charge in [0.05, 0.1) is 6.10 Å².